The summed E-state index contributed by atoms with van der Waals surface area (Å²) in [5, 5.41) is 2.71. The second-order valence-corrected chi connectivity index (χ2v) is 3.04. The fourth-order valence-corrected chi connectivity index (χ4v) is 1.29. The van der Waals surface area contributed by atoms with E-state index in [-0.39, 0.29) is 18.1 Å². The predicted molar refractivity (Wildman–Crippen MR) is 48.6 cm³/mol. The van der Waals surface area contributed by atoms with E-state index in [4.69, 9.17) is 4.74 Å². The normalized spacial score (nSPS) is 24.4. The molecular formula is C9H13NO4. The van der Waals surface area contributed by atoms with Gasteiger partial charge >= 0.3 is 6.16 Å². The summed E-state index contributed by atoms with van der Waals surface area (Å²) >= 11 is 0. The van der Waals surface area contributed by atoms with Gasteiger partial charge in [-0.1, -0.05) is 6.08 Å². The fourth-order valence-electron chi connectivity index (χ4n) is 1.29. The lowest BCUT2D eigenvalue weighted by Gasteiger charge is -2.12. The molecule has 1 rings (SSSR count). The van der Waals surface area contributed by atoms with Gasteiger partial charge < -0.3 is 14.8 Å². The molecule has 1 N–H and O–H groups in total. The molecule has 2 atom stereocenters. The fraction of sp³-hybridized carbons (Fsp3) is 0.556. The maximum atomic E-state index is 10.7. The Morgan fingerprint density at radius 2 is 2.14 bits per heavy atom. The summed E-state index contributed by atoms with van der Waals surface area (Å²) < 4.78 is 9.22. The second kappa shape index (κ2) is 4.64. The number of hydrogen-bond acceptors (Lipinski definition) is 4. The summed E-state index contributed by atoms with van der Waals surface area (Å²) in [6, 6.07) is -0.0536. The second-order valence-electron chi connectivity index (χ2n) is 3.04. The molecule has 0 radical (unpaired) electrons. The van der Waals surface area contributed by atoms with E-state index in [1.54, 1.807) is 12.2 Å². The van der Waals surface area contributed by atoms with Gasteiger partial charge in [0.05, 0.1) is 13.2 Å². The molecule has 2 unspecified atom stereocenters. The van der Waals surface area contributed by atoms with Gasteiger partial charge in [0, 0.05) is 13.3 Å². The van der Waals surface area contributed by atoms with E-state index in [1.165, 1.54) is 14.0 Å². The van der Waals surface area contributed by atoms with E-state index < -0.39 is 6.16 Å². The van der Waals surface area contributed by atoms with Crippen molar-refractivity contribution in [2.75, 3.05) is 7.11 Å². The van der Waals surface area contributed by atoms with E-state index in [9.17, 15) is 9.59 Å². The van der Waals surface area contributed by atoms with Crippen molar-refractivity contribution in [2.45, 2.75) is 25.5 Å². The molecule has 14 heavy (non-hydrogen) atoms. The first-order chi connectivity index (χ1) is 6.61. The summed E-state index contributed by atoms with van der Waals surface area (Å²) in [6.07, 6.45) is 3.09. The molecule has 1 aliphatic carbocycles. The third kappa shape index (κ3) is 3.08. The Morgan fingerprint density at radius 3 is 2.71 bits per heavy atom. The van der Waals surface area contributed by atoms with Gasteiger partial charge in [0.1, 0.15) is 6.10 Å². The Hall–Kier alpha value is -1.52. The zero-order chi connectivity index (χ0) is 10.6. The molecule has 0 fully saturated rings. The summed E-state index contributed by atoms with van der Waals surface area (Å²) in [5.41, 5.74) is 0. The van der Waals surface area contributed by atoms with Crippen molar-refractivity contribution in [1.82, 2.24) is 5.32 Å². The van der Waals surface area contributed by atoms with Gasteiger partial charge in [-0.3, -0.25) is 4.79 Å². The number of amides is 1. The van der Waals surface area contributed by atoms with Crippen LogP contribution in [0.3, 0.4) is 0 Å². The Balaban J connectivity index is 2.32. The molecule has 5 heteroatoms. The smallest absolute Gasteiger partial charge is 0.438 e. The summed E-state index contributed by atoms with van der Waals surface area (Å²) in [4.78, 5) is 21.4. The summed E-state index contributed by atoms with van der Waals surface area (Å²) in [5.74, 6) is -0.0987. The minimum Gasteiger partial charge on any atom is -0.438 e. The molecule has 0 saturated heterocycles. The van der Waals surface area contributed by atoms with E-state index in [0.717, 1.165) is 0 Å². The maximum absolute atomic E-state index is 10.7. The predicted octanol–water partition coefficient (Wildman–Crippen LogP) is 0.603. The third-order valence-electron chi connectivity index (χ3n) is 1.85. The Labute approximate surface area is 82.1 Å². The van der Waals surface area contributed by atoms with Gasteiger partial charge in [-0.25, -0.2) is 4.79 Å². The first-order valence-electron chi connectivity index (χ1n) is 4.32. The van der Waals surface area contributed by atoms with Crippen LogP contribution in [0.5, 0.6) is 0 Å². The lowest BCUT2D eigenvalue weighted by Crippen LogP contribution is -2.31. The van der Waals surface area contributed by atoms with Gasteiger partial charge in [0.2, 0.25) is 5.91 Å². The van der Waals surface area contributed by atoms with E-state index in [2.05, 4.69) is 10.1 Å². The average molecular weight is 199 g/mol. The van der Waals surface area contributed by atoms with Crippen molar-refractivity contribution in [3.05, 3.63) is 12.2 Å². The monoisotopic (exact) mass is 199 g/mol. The minimum atomic E-state index is -0.705. The number of methoxy groups -OCH3 is 1. The van der Waals surface area contributed by atoms with Crippen LogP contribution in [0.1, 0.15) is 13.3 Å². The van der Waals surface area contributed by atoms with Gasteiger partial charge in [0.15, 0.2) is 0 Å². The molecule has 5 nitrogen and oxygen atoms in total. The van der Waals surface area contributed by atoms with E-state index >= 15 is 0 Å². The van der Waals surface area contributed by atoms with Gasteiger partial charge in [0.25, 0.3) is 0 Å². The number of carbonyl (C=O) groups is 2. The standard InChI is InChI=1S/C9H13NO4/c1-6(11)10-7-3-4-8(5-7)14-9(12)13-2/h3-4,7-8H,5H2,1-2H3,(H,10,11). The Kier molecular flexibility index (Phi) is 3.50. The number of carbonyl (C=O) groups excluding carboxylic acids is 2. The van der Waals surface area contributed by atoms with E-state index in [1.807, 2.05) is 0 Å². The number of nitrogens with one attached hydrogen (secondary N) is 1. The van der Waals surface area contributed by atoms with Gasteiger partial charge in [-0.2, -0.15) is 0 Å². The zero-order valence-corrected chi connectivity index (χ0v) is 8.15. The molecule has 1 aliphatic rings. The van der Waals surface area contributed by atoms with Crippen LogP contribution in [-0.4, -0.2) is 31.3 Å². The first-order valence-corrected chi connectivity index (χ1v) is 4.32. The molecule has 0 aromatic rings. The van der Waals surface area contributed by atoms with Crippen molar-refractivity contribution in [2.24, 2.45) is 0 Å². The Morgan fingerprint density at radius 1 is 1.43 bits per heavy atom. The zero-order valence-electron chi connectivity index (χ0n) is 8.15. The van der Waals surface area contributed by atoms with Gasteiger partial charge in [-0.15, -0.1) is 0 Å². The van der Waals surface area contributed by atoms with Crippen LogP contribution in [0, 0.1) is 0 Å². The molecule has 0 spiro atoms. The van der Waals surface area contributed by atoms with Crippen LogP contribution < -0.4 is 5.32 Å². The number of rotatable bonds is 2. The highest BCUT2D eigenvalue weighted by Crippen LogP contribution is 2.14. The highest BCUT2D eigenvalue weighted by atomic mass is 16.7. The molecule has 0 bridgehead atoms. The maximum Gasteiger partial charge on any atom is 0.508 e. The number of hydrogen-bond donors (Lipinski definition) is 1. The van der Waals surface area contributed by atoms with Crippen molar-refractivity contribution < 1.29 is 19.1 Å². The lowest BCUT2D eigenvalue weighted by atomic mass is 10.2. The highest BCUT2D eigenvalue weighted by molar-refractivity contribution is 5.73. The van der Waals surface area contributed by atoms with Crippen molar-refractivity contribution >= 4 is 12.1 Å². The summed E-state index contributed by atoms with van der Waals surface area (Å²) in [6.45, 7) is 1.45. The van der Waals surface area contributed by atoms with Crippen molar-refractivity contribution in [1.29, 1.82) is 0 Å². The van der Waals surface area contributed by atoms with Crippen molar-refractivity contribution in [3.63, 3.8) is 0 Å². The Bertz CT molecular complexity index is 262. The topological polar surface area (TPSA) is 64.6 Å². The molecule has 1 amide bonds. The van der Waals surface area contributed by atoms with Crippen LogP contribution in [0.25, 0.3) is 0 Å². The quantitative estimate of drug-likeness (QED) is 0.522. The SMILES string of the molecule is COC(=O)OC1C=CC(NC(C)=O)C1. The van der Waals surface area contributed by atoms with Crippen LogP contribution >= 0.6 is 0 Å². The molecule has 0 aromatic carbocycles. The number of ether oxygens (including phenoxy) is 2. The largest absolute Gasteiger partial charge is 0.508 e. The van der Waals surface area contributed by atoms with Crippen LogP contribution in [0.2, 0.25) is 0 Å². The third-order valence-corrected chi connectivity index (χ3v) is 1.85. The highest BCUT2D eigenvalue weighted by Gasteiger charge is 2.22. The molecule has 78 valence electrons. The molecule has 0 saturated carbocycles. The van der Waals surface area contributed by atoms with Crippen LogP contribution in [0.4, 0.5) is 4.79 Å². The average Bonchev–Trinajstić information content (AvgIpc) is 2.51. The minimum absolute atomic E-state index is 0.0536. The van der Waals surface area contributed by atoms with Crippen LogP contribution in [0.15, 0.2) is 12.2 Å². The molecule has 0 aliphatic heterocycles. The van der Waals surface area contributed by atoms with Crippen molar-refractivity contribution in [3.8, 4) is 0 Å². The molecule has 0 aromatic heterocycles. The van der Waals surface area contributed by atoms with Gasteiger partial charge in [-0.05, 0) is 6.08 Å². The first kappa shape index (κ1) is 10.6. The van der Waals surface area contributed by atoms with Crippen LogP contribution in [-0.2, 0) is 14.3 Å². The summed E-state index contributed by atoms with van der Waals surface area (Å²) in [7, 11) is 1.26. The molecule has 0 heterocycles. The lowest BCUT2D eigenvalue weighted by molar-refractivity contribution is -0.119. The van der Waals surface area contributed by atoms with E-state index in [0.29, 0.717) is 6.42 Å². The molecular weight excluding hydrogens is 186 g/mol.